The highest BCUT2D eigenvalue weighted by atomic mass is 79.9. The van der Waals surface area contributed by atoms with Gasteiger partial charge in [-0.3, -0.25) is 14.5 Å². The second-order valence-electron chi connectivity index (χ2n) is 10.4. The number of hydrogen-bond acceptors (Lipinski definition) is 6. The number of pyridine rings is 1. The molecule has 12 heteroatoms. The van der Waals surface area contributed by atoms with E-state index < -0.39 is 53.4 Å². The number of aromatic nitrogens is 1. The first-order chi connectivity index (χ1) is 16.8. The van der Waals surface area contributed by atoms with Crippen LogP contribution >= 0.6 is 15.9 Å². The molecule has 2 N–H and O–H groups in total. The lowest BCUT2D eigenvalue weighted by molar-refractivity contribution is -0.145. The maximum Gasteiger partial charge on any atom is 0.411 e. The number of carbonyl (C=O) groups excluding carboxylic acids is 3. The van der Waals surface area contributed by atoms with Gasteiger partial charge in [-0.15, -0.1) is 0 Å². The fourth-order valence-electron chi connectivity index (χ4n) is 4.59. The summed E-state index contributed by atoms with van der Waals surface area (Å²) in [4.78, 5) is 44.5. The summed E-state index contributed by atoms with van der Waals surface area (Å²) < 4.78 is 40.3. The molecule has 1 aliphatic carbocycles. The number of likely N-dealkylation sites (tertiary alicyclic amines) is 1. The molecule has 4 rings (SSSR count). The van der Waals surface area contributed by atoms with Crippen molar-refractivity contribution in [2.45, 2.75) is 70.2 Å². The molecule has 0 unspecified atom stereocenters. The number of anilines is 1. The second-order valence-corrected chi connectivity index (χ2v) is 11.2. The Morgan fingerprint density at radius 3 is 2.72 bits per heavy atom. The molecule has 2 fully saturated rings. The summed E-state index contributed by atoms with van der Waals surface area (Å²) in [7, 11) is 0. The minimum absolute atomic E-state index is 0.0288. The van der Waals surface area contributed by atoms with Crippen molar-refractivity contribution in [1.82, 2.24) is 15.2 Å². The van der Waals surface area contributed by atoms with Gasteiger partial charge in [0.1, 0.15) is 22.1 Å². The van der Waals surface area contributed by atoms with Gasteiger partial charge in [-0.25, -0.2) is 9.78 Å². The van der Waals surface area contributed by atoms with Gasteiger partial charge in [0.15, 0.2) is 0 Å². The number of amides is 3. The first kappa shape index (κ1) is 26.5. The third kappa shape index (κ3) is 5.69. The van der Waals surface area contributed by atoms with Crippen molar-refractivity contribution in [2.24, 2.45) is 5.41 Å². The van der Waals surface area contributed by atoms with Crippen LogP contribution in [0.1, 0.15) is 45.6 Å². The fraction of sp³-hybridized carbons (Fsp3) is 0.583. The number of carbonyl (C=O) groups is 3. The second kappa shape index (κ2) is 9.70. The molecule has 1 aromatic rings. The first-order valence-corrected chi connectivity index (χ1v) is 12.5. The summed E-state index contributed by atoms with van der Waals surface area (Å²) in [6.07, 6.45) is 1.84. The number of alkyl halides is 2. The van der Waals surface area contributed by atoms with E-state index in [2.05, 4.69) is 31.5 Å². The van der Waals surface area contributed by atoms with E-state index in [1.807, 2.05) is 0 Å². The molecule has 0 radical (unpaired) electrons. The smallest absolute Gasteiger partial charge is 0.411 e. The van der Waals surface area contributed by atoms with Crippen molar-refractivity contribution >= 4 is 39.7 Å². The standard InChI is InChI=1S/C24H29BrF2N4O5/c1-22(2,3)36-21(34)31-15-10-23(11-16(23)31)13-28-20(33)24(26,27)8-4-5-9-35-12-14-6-7-17(25)29-18(14)30-19(15)32/h4-7,15-16H,8-13H2,1-3H3,(H,28,33)(H,29,30,32)/b5-4+/t15-,16+,23-/m0/s1. The van der Waals surface area contributed by atoms with E-state index >= 15 is 0 Å². The van der Waals surface area contributed by atoms with Gasteiger partial charge in [0.2, 0.25) is 5.91 Å². The zero-order valence-electron chi connectivity index (χ0n) is 20.3. The van der Waals surface area contributed by atoms with Crippen molar-refractivity contribution in [3.63, 3.8) is 0 Å². The molecular formula is C24H29BrF2N4O5. The number of nitrogens with zero attached hydrogens (tertiary/aromatic N) is 2. The van der Waals surface area contributed by atoms with Gasteiger partial charge in [-0.1, -0.05) is 18.2 Å². The Labute approximate surface area is 216 Å². The Balaban J connectivity index is 1.65. The highest BCUT2D eigenvalue weighted by molar-refractivity contribution is 9.10. The normalized spacial score (nSPS) is 29.2. The number of ether oxygens (including phenoxy) is 2. The average Bonchev–Trinajstić information content (AvgIpc) is 3.37. The van der Waals surface area contributed by atoms with Crippen molar-refractivity contribution in [3.05, 3.63) is 34.5 Å². The van der Waals surface area contributed by atoms with Gasteiger partial charge >= 0.3 is 12.0 Å². The van der Waals surface area contributed by atoms with Gasteiger partial charge in [0, 0.05) is 30.0 Å². The van der Waals surface area contributed by atoms with Gasteiger partial charge in [0.05, 0.1) is 13.2 Å². The van der Waals surface area contributed by atoms with Gasteiger partial charge < -0.3 is 20.1 Å². The van der Waals surface area contributed by atoms with Gasteiger partial charge in [0.25, 0.3) is 5.91 Å². The van der Waals surface area contributed by atoms with Crippen molar-refractivity contribution in [1.29, 1.82) is 0 Å². The number of fused-ring (bicyclic) bond motifs is 2. The molecule has 1 aromatic heterocycles. The molecule has 3 amide bonds. The molecule has 36 heavy (non-hydrogen) atoms. The SMILES string of the molecule is CC(C)(C)OC(=O)N1[C@H]2C[C@@]3(CNC(=O)C(F)(F)C/C=C/COCc4ccc(Br)nc4NC2=O)C[C@@H]13. The molecule has 2 aliphatic heterocycles. The van der Waals surface area contributed by atoms with Crippen molar-refractivity contribution in [2.75, 3.05) is 18.5 Å². The summed E-state index contributed by atoms with van der Waals surface area (Å²) >= 11 is 3.30. The van der Waals surface area contributed by atoms with Crippen molar-refractivity contribution in [3.8, 4) is 0 Å². The molecule has 3 heterocycles. The van der Waals surface area contributed by atoms with E-state index in [-0.39, 0.29) is 32.0 Å². The Morgan fingerprint density at radius 2 is 2.00 bits per heavy atom. The number of nitrogens with one attached hydrogen (secondary N) is 2. The minimum atomic E-state index is -3.60. The number of allylic oxidation sites excluding steroid dienone is 1. The molecule has 3 aliphatic rings. The molecule has 1 spiro atoms. The van der Waals surface area contributed by atoms with Crippen LogP contribution in [0, 0.1) is 5.41 Å². The maximum atomic E-state index is 14.4. The molecule has 3 atom stereocenters. The lowest BCUT2D eigenvalue weighted by Gasteiger charge is -2.29. The van der Waals surface area contributed by atoms with E-state index in [1.165, 1.54) is 17.1 Å². The summed E-state index contributed by atoms with van der Waals surface area (Å²) in [6.45, 7) is 5.16. The lowest BCUT2D eigenvalue weighted by atomic mass is 9.98. The van der Waals surface area contributed by atoms with E-state index in [0.29, 0.717) is 16.6 Å². The Hall–Kier alpha value is -2.60. The van der Waals surface area contributed by atoms with Gasteiger partial charge in [-0.2, -0.15) is 8.78 Å². The Bertz CT molecular complexity index is 1090. The van der Waals surface area contributed by atoms with Crippen LogP contribution in [0.15, 0.2) is 28.9 Å². The predicted molar refractivity (Wildman–Crippen MR) is 129 cm³/mol. The van der Waals surface area contributed by atoms with Crippen LogP contribution in [0.4, 0.5) is 19.4 Å². The zero-order chi connectivity index (χ0) is 26.3. The molecule has 2 bridgehead atoms. The monoisotopic (exact) mass is 570 g/mol. The van der Waals surface area contributed by atoms with E-state index in [1.54, 1.807) is 32.9 Å². The summed E-state index contributed by atoms with van der Waals surface area (Å²) in [6, 6.07) is 2.06. The van der Waals surface area contributed by atoms with Crippen LogP contribution in [0.2, 0.25) is 0 Å². The van der Waals surface area contributed by atoms with Crippen LogP contribution in [-0.2, 0) is 25.7 Å². The van der Waals surface area contributed by atoms with Gasteiger partial charge in [-0.05, 0) is 55.6 Å². The largest absolute Gasteiger partial charge is 0.444 e. The number of piperidine rings is 1. The van der Waals surface area contributed by atoms with Crippen LogP contribution in [-0.4, -0.2) is 64.6 Å². The summed E-state index contributed by atoms with van der Waals surface area (Å²) in [5.74, 6) is -5.22. The first-order valence-electron chi connectivity index (χ1n) is 11.7. The lowest BCUT2D eigenvalue weighted by Crippen LogP contribution is -2.47. The summed E-state index contributed by atoms with van der Waals surface area (Å²) in [5.41, 5.74) is -0.912. The zero-order valence-corrected chi connectivity index (χ0v) is 21.9. The third-order valence-corrected chi connectivity index (χ3v) is 6.90. The predicted octanol–water partition coefficient (Wildman–Crippen LogP) is 3.78. The molecule has 0 aromatic carbocycles. The Morgan fingerprint density at radius 1 is 1.25 bits per heavy atom. The molecule has 9 nitrogen and oxygen atoms in total. The van der Waals surface area contributed by atoms with Crippen LogP contribution in [0.25, 0.3) is 0 Å². The van der Waals surface area contributed by atoms with E-state index in [4.69, 9.17) is 9.47 Å². The number of halogens is 3. The topological polar surface area (TPSA) is 110 Å². The quantitative estimate of drug-likeness (QED) is 0.363. The third-order valence-electron chi connectivity index (χ3n) is 6.46. The van der Waals surface area contributed by atoms with Crippen LogP contribution in [0.3, 0.4) is 0 Å². The summed E-state index contributed by atoms with van der Waals surface area (Å²) in [5, 5.41) is 5.14. The number of hydrogen-bond donors (Lipinski definition) is 2. The highest BCUT2D eigenvalue weighted by Gasteiger charge is 2.68. The molecule has 1 saturated heterocycles. The molecular weight excluding hydrogens is 542 g/mol. The van der Waals surface area contributed by atoms with E-state index in [0.717, 1.165) is 0 Å². The molecule has 1 saturated carbocycles. The van der Waals surface area contributed by atoms with Crippen LogP contribution in [0.5, 0.6) is 0 Å². The average molecular weight is 571 g/mol. The van der Waals surface area contributed by atoms with E-state index in [9.17, 15) is 23.2 Å². The molecule has 196 valence electrons. The highest BCUT2D eigenvalue weighted by Crippen LogP contribution is 2.59. The Kier molecular flexibility index (Phi) is 7.13. The fourth-order valence-corrected chi connectivity index (χ4v) is 4.90. The van der Waals surface area contributed by atoms with Crippen LogP contribution < -0.4 is 10.6 Å². The van der Waals surface area contributed by atoms with Crippen molar-refractivity contribution < 1.29 is 32.6 Å². The maximum absolute atomic E-state index is 14.4. The minimum Gasteiger partial charge on any atom is -0.444 e. The number of rotatable bonds is 0.